The number of sulfonamides is 1. The van der Waals surface area contributed by atoms with E-state index >= 15 is 0 Å². The molecular weight excluding hydrogens is 330 g/mol. The van der Waals surface area contributed by atoms with Crippen LogP contribution in [0.5, 0.6) is 0 Å². The Labute approximate surface area is 138 Å². The molecule has 0 radical (unpaired) electrons. The van der Waals surface area contributed by atoms with Gasteiger partial charge in [-0.25, -0.2) is 18.1 Å². The van der Waals surface area contributed by atoms with Crippen LogP contribution in [0.4, 0.5) is 5.69 Å². The van der Waals surface area contributed by atoms with E-state index < -0.39 is 15.9 Å². The van der Waals surface area contributed by atoms with Crippen LogP contribution in [0.25, 0.3) is 5.82 Å². The normalized spacial score (nSPS) is 11.2. The van der Waals surface area contributed by atoms with Crippen LogP contribution in [0.15, 0.2) is 66.0 Å². The third kappa shape index (κ3) is 3.25. The number of rotatable bonds is 5. The first kappa shape index (κ1) is 15.7. The van der Waals surface area contributed by atoms with Gasteiger partial charge in [-0.1, -0.05) is 12.1 Å². The maximum atomic E-state index is 12.4. The second kappa shape index (κ2) is 6.13. The first-order valence-electron chi connectivity index (χ1n) is 6.84. The molecule has 0 saturated carbocycles. The fraction of sp³-hybridized carbons (Fsp3) is 0. The predicted molar refractivity (Wildman–Crippen MR) is 87.1 cm³/mol. The zero-order chi connectivity index (χ0) is 17.2. The van der Waals surface area contributed by atoms with Crippen molar-refractivity contribution in [3.8, 4) is 5.82 Å². The first-order valence-corrected chi connectivity index (χ1v) is 8.33. The number of hydrogen-bond donors (Lipinski definition) is 2. The van der Waals surface area contributed by atoms with Gasteiger partial charge in [0.05, 0.1) is 12.4 Å². The van der Waals surface area contributed by atoms with E-state index in [0.29, 0.717) is 5.82 Å². The van der Waals surface area contributed by atoms with Crippen molar-refractivity contribution < 1.29 is 13.2 Å². The molecule has 0 saturated heterocycles. The lowest BCUT2D eigenvalue weighted by molar-refractivity contribution is 0.100. The van der Waals surface area contributed by atoms with Gasteiger partial charge in [-0.05, 0) is 30.3 Å². The summed E-state index contributed by atoms with van der Waals surface area (Å²) >= 11 is 0. The van der Waals surface area contributed by atoms with Gasteiger partial charge in [0.15, 0.2) is 5.82 Å². The molecule has 0 atom stereocenters. The molecule has 8 nitrogen and oxygen atoms in total. The zero-order valence-electron chi connectivity index (χ0n) is 12.3. The maximum Gasteiger partial charge on any atom is 0.265 e. The molecule has 0 aliphatic carbocycles. The number of benzene rings is 1. The van der Waals surface area contributed by atoms with Gasteiger partial charge in [-0.15, -0.1) is 0 Å². The molecule has 3 N–H and O–H groups in total. The minimum atomic E-state index is -3.86. The van der Waals surface area contributed by atoms with Crippen LogP contribution in [0.3, 0.4) is 0 Å². The highest BCUT2D eigenvalue weighted by Gasteiger charge is 2.18. The number of carbonyl (C=O) groups is 1. The predicted octanol–water partition coefficient (Wildman–Crippen LogP) is 1.17. The van der Waals surface area contributed by atoms with Crippen LogP contribution < -0.4 is 10.5 Å². The molecule has 3 rings (SSSR count). The molecule has 2 aromatic heterocycles. The van der Waals surface area contributed by atoms with Crippen LogP contribution >= 0.6 is 0 Å². The molecule has 0 unspecified atom stereocenters. The molecule has 9 heteroatoms. The zero-order valence-corrected chi connectivity index (χ0v) is 13.1. The van der Waals surface area contributed by atoms with Crippen LogP contribution in [0.2, 0.25) is 0 Å². The summed E-state index contributed by atoms with van der Waals surface area (Å²) in [6.07, 6.45) is 4.15. The summed E-state index contributed by atoms with van der Waals surface area (Å²) in [5, 5.41) is 4.00. The van der Waals surface area contributed by atoms with Gasteiger partial charge in [-0.2, -0.15) is 5.10 Å². The Morgan fingerprint density at radius 2 is 2.00 bits per heavy atom. The summed E-state index contributed by atoms with van der Waals surface area (Å²) in [4.78, 5) is 15.2. The molecule has 1 amide bonds. The lowest BCUT2D eigenvalue weighted by atomic mass is 10.2. The lowest BCUT2D eigenvalue weighted by Crippen LogP contribution is -2.14. The number of hydrogen-bond acceptors (Lipinski definition) is 5. The molecule has 24 heavy (non-hydrogen) atoms. The van der Waals surface area contributed by atoms with E-state index in [2.05, 4.69) is 14.8 Å². The summed E-state index contributed by atoms with van der Waals surface area (Å²) in [6.45, 7) is 0. The fourth-order valence-corrected chi connectivity index (χ4v) is 2.99. The number of primary amides is 1. The van der Waals surface area contributed by atoms with Crippen molar-refractivity contribution in [2.75, 3.05) is 4.72 Å². The number of nitrogens with one attached hydrogen (secondary N) is 1. The first-order chi connectivity index (χ1) is 11.5. The maximum absolute atomic E-state index is 12.4. The summed E-state index contributed by atoms with van der Waals surface area (Å²) in [5.74, 6) is -0.145. The van der Waals surface area contributed by atoms with Crippen molar-refractivity contribution in [2.24, 2.45) is 5.73 Å². The van der Waals surface area contributed by atoms with Crippen molar-refractivity contribution in [3.63, 3.8) is 0 Å². The summed E-state index contributed by atoms with van der Waals surface area (Å²) < 4.78 is 28.6. The standard InChI is InChI=1S/C15H13N5O3S/c16-15(21)11-4-3-5-12(8-11)19-24(22,23)13-9-18-20(10-13)14-6-1-2-7-17-14/h1-10,19H,(H2,16,21). The van der Waals surface area contributed by atoms with Gasteiger partial charge < -0.3 is 5.73 Å². The molecule has 3 aromatic rings. The smallest absolute Gasteiger partial charge is 0.265 e. The molecule has 0 aliphatic heterocycles. The van der Waals surface area contributed by atoms with E-state index in [0.717, 1.165) is 0 Å². The number of anilines is 1. The summed E-state index contributed by atoms with van der Waals surface area (Å²) in [5.41, 5.74) is 5.63. The van der Waals surface area contributed by atoms with Gasteiger partial charge in [-0.3, -0.25) is 9.52 Å². The highest BCUT2D eigenvalue weighted by molar-refractivity contribution is 7.92. The van der Waals surface area contributed by atoms with Gasteiger partial charge in [0.25, 0.3) is 10.0 Å². The Bertz CT molecular complexity index is 983. The molecule has 0 fully saturated rings. The van der Waals surface area contributed by atoms with Gasteiger partial charge in [0, 0.05) is 17.4 Å². The molecular formula is C15H13N5O3S. The van der Waals surface area contributed by atoms with E-state index in [-0.39, 0.29) is 16.1 Å². The molecule has 122 valence electrons. The molecule has 0 spiro atoms. The third-order valence-corrected chi connectivity index (χ3v) is 4.49. The summed E-state index contributed by atoms with van der Waals surface area (Å²) in [6, 6.07) is 11.1. The Kier molecular flexibility index (Phi) is 4.00. The average Bonchev–Trinajstić information content (AvgIpc) is 3.06. The monoisotopic (exact) mass is 343 g/mol. The number of aromatic nitrogens is 3. The number of nitrogens with zero attached hydrogens (tertiary/aromatic N) is 3. The second-order valence-corrected chi connectivity index (χ2v) is 6.54. The van der Waals surface area contributed by atoms with Crippen molar-refractivity contribution in [3.05, 3.63) is 66.6 Å². The van der Waals surface area contributed by atoms with Crippen molar-refractivity contribution >= 4 is 21.6 Å². The largest absolute Gasteiger partial charge is 0.366 e. The molecule has 2 heterocycles. The third-order valence-electron chi connectivity index (χ3n) is 3.15. The van der Waals surface area contributed by atoms with Gasteiger partial charge >= 0.3 is 0 Å². The quantitative estimate of drug-likeness (QED) is 0.720. The van der Waals surface area contributed by atoms with Gasteiger partial charge in [0.1, 0.15) is 4.90 Å². The number of nitrogens with two attached hydrogens (primary N) is 1. The number of carbonyl (C=O) groups excluding carboxylic acids is 1. The van der Waals surface area contributed by atoms with E-state index in [1.807, 2.05) is 0 Å². The Morgan fingerprint density at radius 1 is 1.17 bits per heavy atom. The van der Waals surface area contributed by atoms with E-state index in [1.165, 1.54) is 41.3 Å². The van der Waals surface area contributed by atoms with Crippen LogP contribution in [-0.2, 0) is 10.0 Å². The fourth-order valence-electron chi connectivity index (χ4n) is 2.01. The van der Waals surface area contributed by atoms with Crippen molar-refractivity contribution in [1.29, 1.82) is 0 Å². The Morgan fingerprint density at radius 3 is 2.71 bits per heavy atom. The SMILES string of the molecule is NC(=O)c1cccc(NS(=O)(=O)c2cnn(-c3ccccn3)c2)c1. The minimum absolute atomic E-state index is 0.0300. The Hall–Kier alpha value is -3.20. The average molecular weight is 343 g/mol. The molecule has 0 aliphatic rings. The van der Waals surface area contributed by atoms with E-state index in [4.69, 9.17) is 5.73 Å². The number of amides is 1. The van der Waals surface area contributed by atoms with Crippen molar-refractivity contribution in [2.45, 2.75) is 4.90 Å². The van der Waals surface area contributed by atoms with E-state index in [9.17, 15) is 13.2 Å². The minimum Gasteiger partial charge on any atom is -0.366 e. The van der Waals surface area contributed by atoms with Gasteiger partial charge in [0.2, 0.25) is 5.91 Å². The summed E-state index contributed by atoms with van der Waals surface area (Å²) in [7, 11) is -3.86. The topological polar surface area (TPSA) is 120 Å². The van der Waals surface area contributed by atoms with Crippen LogP contribution in [0, 0.1) is 0 Å². The molecule has 0 bridgehead atoms. The van der Waals surface area contributed by atoms with E-state index in [1.54, 1.807) is 24.4 Å². The van der Waals surface area contributed by atoms with Crippen LogP contribution in [-0.4, -0.2) is 29.1 Å². The number of pyridine rings is 1. The van der Waals surface area contributed by atoms with Crippen LogP contribution in [0.1, 0.15) is 10.4 Å². The van der Waals surface area contributed by atoms with Crippen molar-refractivity contribution in [1.82, 2.24) is 14.8 Å². The molecule has 1 aromatic carbocycles. The highest BCUT2D eigenvalue weighted by atomic mass is 32.2. The lowest BCUT2D eigenvalue weighted by Gasteiger charge is -2.07. The highest BCUT2D eigenvalue weighted by Crippen LogP contribution is 2.17. The Balaban J connectivity index is 1.88. The second-order valence-electron chi connectivity index (χ2n) is 4.86.